The molecule has 2 amide bonds. The maximum absolute atomic E-state index is 12.8. The maximum atomic E-state index is 12.8. The van der Waals surface area contributed by atoms with E-state index in [9.17, 15) is 19.7 Å². The van der Waals surface area contributed by atoms with E-state index in [0.717, 1.165) is 18.5 Å². The molecule has 4 rings (SSSR count). The molecule has 1 aliphatic heterocycles. The summed E-state index contributed by atoms with van der Waals surface area (Å²) in [6, 6.07) is 5.68. The fourth-order valence-corrected chi connectivity index (χ4v) is 3.52. The zero-order valence-electron chi connectivity index (χ0n) is 16.2. The molecule has 10 heteroatoms. The second-order valence-electron chi connectivity index (χ2n) is 7.48. The first kappa shape index (κ1) is 18.9. The van der Waals surface area contributed by atoms with E-state index >= 15 is 0 Å². The van der Waals surface area contributed by atoms with Gasteiger partial charge in [0, 0.05) is 37.3 Å². The van der Waals surface area contributed by atoms with Crippen molar-refractivity contribution in [2.75, 3.05) is 16.8 Å². The van der Waals surface area contributed by atoms with Gasteiger partial charge in [0.05, 0.1) is 10.6 Å². The molecule has 10 nitrogen and oxygen atoms in total. The third kappa shape index (κ3) is 3.78. The molecule has 1 atom stereocenters. The standard InChI is InChI=1S/C19H22N6O4/c1-11-9-17(23(2)22-11)24-8-7-15(19(24)27)21-14-6-3-12(10-16(14)25(28)29)18(26)20-13-4-5-13/h3,6,9-10,13,15,21H,4-5,7-8H2,1-2H3,(H,20,26). The lowest BCUT2D eigenvalue weighted by Gasteiger charge is -2.17. The molecule has 1 aliphatic carbocycles. The number of nitrogens with zero attached hydrogens (tertiary/aromatic N) is 4. The first-order valence-electron chi connectivity index (χ1n) is 9.51. The molecule has 0 bridgehead atoms. The molecule has 1 aromatic heterocycles. The monoisotopic (exact) mass is 398 g/mol. The second kappa shape index (κ2) is 7.19. The van der Waals surface area contributed by atoms with Gasteiger partial charge in [0.2, 0.25) is 0 Å². The van der Waals surface area contributed by atoms with Gasteiger partial charge in [0.25, 0.3) is 17.5 Å². The molecule has 2 fully saturated rings. The Kier molecular flexibility index (Phi) is 4.69. The molecular formula is C19H22N6O4. The summed E-state index contributed by atoms with van der Waals surface area (Å²) in [6.07, 6.45) is 2.37. The van der Waals surface area contributed by atoms with Crippen LogP contribution in [0.3, 0.4) is 0 Å². The minimum absolute atomic E-state index is 0.164. The number of hydrogen-bond donors (Lipinski definition) is 2. The number of aryl methyl sites for hydroxylation is 2. The van der Waals surface area contributed by atoms with Gasteiger partial charge < -0.3 is 10.6 Å². The van der Waals surface area contributed by atoms with Crippen LogP contribution >= 0.6 is 0 Å². The number of nitro groups is 1. The van der Waals surface area contributed by atoms with Crippen molar-refractivity contribution in [2.45, 2.75) is 38.3 Å². The number of carbonyl (C=O) groups excluding carboxylic acids is 2. The van der Waals surface area contributed by atoms with Gasteiger partial charge in [-0.2, -0.15) is 5.10 Å². The molecule has 152 valence electrons. The normalized spacial score (nSPS) is 18.8. The first-order valence-corrected chi connectivity index (χ1v) is 9.51. The minimum Gasteiger partial charge on any atom is -0.368 e. The van der Waals surface area contributed by atoms with E-state index in [1.165, 1.54) is 18.2 Å². The number of carbonyl (C=O) groups is 2. The Hall–Kier alpha value is -3.43. The summed E-state index contributed by atoms with van der Waals surface area (Å²) < 4.78 is 1.64. The summed E-state index contributed by atoms with van der Waals surface area (Å²) in [4.78, 5) is 37.7. The smallest absolute Gasteiger partial charge is 0.293 e. The number of rotatable bonds is 6. The van der Waals surface area contributed by atoms with Crippen molar-refractivity contribution in [1.29, 1.82) is 0 Å². The molecule has 1 aromatic carbocycles. The summed E-state index contributed by atoms with van der Waals surface area (Å²) in [6.45, 7) is 2.34. The van der Waals surface area contributed by atoms with E-state index in [1.54, 1.807) is 16.6 Å². The lowest BCUT2D eigenvalue weighted by Crippen LogP contribution is -2.34. The topological polar surface area (TPSA) is 122 Å². The molecular weight excluding hydrogens is 376 g/mol. The molecule has 29 heavy (non-hydrogen) atoms. The predicted molar refractivity (Wildman–Crippen MR) is 106 cm³/mol. The maximum Gasteiger partial charge on any atom is 0.293 e. The predicted octanol–water partition coefficient (Wildman–Crippen LogP) is 1.75. The van der Waals surface area contributed by atoms with Crippen LogP contribution in [0.1, 0.15) is 35.3 Å². The van der Waals surface area contributed by atoms with Crippen LogP contribution in [0.5, 0.6) is 0 Å². The van der Waals surface area contributed by atoms with Gasteiger partial charge >= 0.3 is 0 Å². The SMILES string of the molecule is Cc1cc(N2CCC(Nc3ccc(C(=O)NC4CC4)cc3[N+](=O)[O-])C2=O)n(C)n1. The van der Waals surface area contributed by atoms with Crippen LogP contribution in [-0.4, -0.2) is 45.1 Å². The van der Waals surface area contributed by atoms with Crippen LogP contribution in [0, 0.1) is 17.0 Å². The van der Waals surface area contributed by atoms with Crippen molar-refractivity contribution < 1.29 is 14.5 Å². The van der Waals surface area contributed by atoms with E-state index in [0.29, 0.717) is 18.8 Å². The van der Waals surface area contributed by atoms with E-state index in [-0.39, 0.29) is 34.8 Å². The molecule has 2 aromatic rings. The average Bonchev–Trinajstić information content (AvgIpc) is 3.33. The molecule has 1 saturated carbocycles. The van der Waals surface area contributed by atoms with Crippen LogP contribution in [0.15, 0.2) is 24.3 Å². The second-order valence-corrected chi connectivity index (χ2v) is 7.48. The molecule has 2 heterocycles. The fourth-order valence-electron chi connectivity index (χ4n) is 3.52. The Morgan fingerprint density at radius 3 is 2.66 bits per heavy atom. The molecule has 1 unspecified atom stereocenters. The minimum atomic E-state index is -0.588. The van der Waals surface area contributed by atoms with Crippen molar-refractivity contribution >= 4 is 29.0 Å². The summed E-state index contributed by atoms with van der Waals surface area (Å²) in [5.74, 6) is 0.202. The van der Waals surface area contributed by atoms with Crippen LogP contribution in [-0.2, 0) is 11.8 Å². The molecule has 0 radical (unpaired) electrons. The zero-order chi connectivity index (χ0) is 20.7. The number of amides is 2. The van der Waals surface area contributed by atoms with Gasteiger partial charge in [-0.25, -0.2) is 0 Å². The van der Waals surface area contributed by atoms with Crippen LogP contribution in [0.25, 0.3) is 0 Å². The van der Waals surface area contributed by atoms with Gasteiger partial charge in [-0.3, -0.25) is 29.3 Å². The number of anilines is 2. The number of nitro benzene ring substituents is 1. The fraction of sp³-hybridized carbons (Fsp3) is 0.421. The van der Waals surface area contributed by atoms with Gasteiger partial charge in [0.1, 0.15) is 17.5 Å². The van der Waals surface area contributed by atoms with E-state index < -0.39 is 11.0 Å². The highest BCUT2D eigenvalue weighted by Gasteiger charge is 2.35. The largest absolute Gasteiger partial charge is 0.368 e. The Balaban J connectivity index is 1.52. The van der Waals surface area contributed by atoms with E-state index in [4.69, 9.17) is 0 Å². The van der Waals surface area contributed by atoms with Crippen LogP contribution < -0.4 is 15.5 Å². The average molecular weight is 398 g/mol. The molecule has 1 saturated heterocycles. The highest BCUT2D eigenvalue weighted by Crippen LogP contribution is 2.30. The summed E-state index contributed by atoms with van der Waals surface area (Å²) in [5.41, 5.74) is 1.04. The number of benzene rings is 1. The zero-order valence-corrected chi connectivity index (χ0v) is 16.2. The Labute approximate surface area is 167 Å². The Bertz CT molecular complexity index is 997. The van der Waals surface area contributed by atoms with Crippen molar-refractivity contribution in [1.82, 2.24) is 15.1 Å². The van der Waals surface area contributed by atoms with E-state index in [1.807, 2.05) is 13.0 Å². The van der Waals surface area contributed by atoms with Gasteiger partial charge in [-0.15, -0.1) is 0 Å². The number of hydrogen-bond acceptors (Lipinski definition) is 6. The first-order chi connectivity index (χ1) is 13.8. The van der Waals surface area contributed by atoms with Crippen LogP contribution in [0.4, 0.5) is 17.2 Å². The molecule has 2 aliphatic rings. The van der Waals surface area contributed by atoms with Crippen LogP contribution in [0.2, 0.25) is 0 Å². The van der Waals surface area contributed by atoms with Crippen molar-refractivity contribution in [2.24, 2.45) is 7.05 Å². The quantitative estimate of drug-likeness (QED) is 0.565. The van der Waals surface area contributed by atoms with Crippen molar-refractivity contribution in [3.63, 3.8) is 0 Å². The van der Waals surface area contributed by atoms with Gasteiger partial charge in [-0.05, 0) is 38.3 Å². The van der Waals surface area contributed by atoms with Crippen molar-refractivity contribution in [3.05, 3.63) is 45.6 Å². The number of aromatic nitrogens is 2. The van der Waals surface area contributed by atoms with E-state index in [2.05, 4.69) is 15.7 Å². The summed E-state index contributed by atoms with van der Waals surface area (Å²) in [5, 5.41) is 21.6. The van der Waals surface area contributed by atoms with Gasteiger partial charge in [0.15, 0.2) is 0 Å². The molecule has 0 spiro atoms. The lowest BCUT2D eigenvalue weighted by molar-refractivity contribution is -0.384. The third-order valence-corrected chi connectivity index (χ3v) is 5.16. The highest BCUT2D eigenvalue weighted by molar-refractivity contribution is 6.01. The Morgan fingerprint density at radius 1 is 1.28 bits per heavy atom. The summed E-state index contributed by atoms with van der Waals surface area (Å²) >= 11 is 0. The highest BCUT2D eigenvalue weighted by atomic mass is 16.6. The van der Waals surface area contributed by atoms with Crippen molar-refractivity contribution in [3.8, 4) is 0 Å². The molecule has 2 N–H and O–H groups in total. The van der Waals surface area contributed by atoms with Gasteiger partial charge in [-0.1, -0.05) is 0 Å². The number of nitrogens with one attached hydrogen (secondary N) is 2. The lowest BCUT2D eigenvalue weighted by atomic mass is 10.1. The summed E-state index contributed by atoms with van der Waals surface area (Å²) in [7, 11) is 1.77. The third-order valence-electron chi connectivity index (χ3n) is 5.16. The Morgan fingerprint density at radius 2 is 2.03 bits per heavy atom.